The summed E-state index contributed by atoms with van der Waals surface area (Å²) < 4.78 is 30.4. The van der Waals surface area contributed by atoms with E-state index in [1.165, 1.54) is 11.8 Å². The number of carbonyl (C=O) groups is 2. The van der Waals surface area contributed by atoms with Gasteiger partial charge in [-0.05, 0) is 61.6 Å². The highest BCUT2D eigenvalue weighted by molar-refractivity contribution is 14.1. The van der Waals surface area contributed by atoms with Crippen molar-refractivity contribution in [2.45, 2.75) is 44.1 Å². The van der Waals surface area contributed by atoms with Gasteiger partial charge in [-0.2, -0.15) is 4.99 Å². The van der Waals surface area contributed by atoms with Gasteiger partial charge in [-0.3, -0.25) is 4.79 Å². The molecule has 0 aromatic heterocycles. The zero-order valence-corrected chi connectivity index (χ0v) is 20.7. The molecule has 2 amide bonds. The number of nitrogens with zero attached hydrogens (tertiary/aromatic N) is 2. The molecule has 2 aliphatic rings. The van der Waals surface area contributed by atoms with Crippen molar-refractivity contribution < 1.29 is 22.7 Å². The third-order valence-electron chi connectivity index (χ3n) is 4.38. The molecule has 8 nitrogen and oxygen atoms in total. The molecule has 1 aromatic carbocycles. The Morgan fingerprint density at radius 1 is 1.33 bits per heavy atom. The number of benzene rings is 1. The van der Waals surface area contributed by atoms with E-state index in [1.807, 2.05) is 29.2 Å². The molecule has 0 saturated carbocycles. The molecule has 30 heavy (non-hydrogen) atoms. The van der Waals surface area contributed by atoms with Crippen LogP contribution in [0, 0.1) is 3.57 Å². The molecule has 2 aliphatic heterocycles. The molecule has 2 saturated heterocycles. The normalized spacial score (nSPS) is 24.0. The number of rotatable bonds is 4. The maximum atomic E-state index is 12.4. The summed E-state index contributed by atoms with van der Waals surface area (Å²) in [5, 5.41) is 2.89. The number of hydrogen-bond acceptors (Lipinski definition) is 6. The highest BCUT2D eigenvalue weighted by Crippen LogP contribution is 2.41. The Labute approximate surface area is 194 Å². The number of hydrogen-bond donors (Lipinski definition) is 1. The Morgan fingerprint density at radius 3 is 2.73 bits per heavy atom. The number of anilines is 1. The average molecular weight is 565 g/mol. The second kappa shape index (κ2) is 9.03. The first-order chi connectivity index (χ1) is 13.9. The summed E-state index contributed by atoms with van der Waals surface area (Å²) in [5.41, 5.74) is 0.207. The lowest BCUT2D eigenvalue weighted by Gasteiger charge is -2.24. The van der Waals surface area contributed by atoms with E-state index < -0.39 is 21.5 Å². The maximum Gasteiger partial charge on any atom is 0.407 e. The van der Waals surface area contributed by atoms with Gasteiger partial charge in [-0.15, -0.1) is 0 Å². The van der Waals surface area contributed by atoms with Crippen LogP contribution in [0.3, 0.4) is 0 Å². The molecule has 164 valence electrons. The van der Waals surface area contributed by atoms with Crippen LogP contribution in [0.25, 0.3) is 0 Å². The molecule has 0 unspecified atom stereocenters. The van der Waals surface area contributed by atoms with E-state index in [0.717, 1.165) is 9.26 Å². The predicted molar refractivity (Wildman–Crippen MR) is 127 cm³/mol. The van der Waals surface area contributed by atoms with Crippen molar-refractivity contribution in [1.29, 1.82) is 0 Å². The van der Waals surface area contributed by atoms with Crippen LogP contribution in [-0.2, 0) is 19.4 Å². The van der Waals surface area contributed by atoms with E-state index in [-0.39, 0.29) is 41.7 Å². The average Bonchev–Trinajstić information content (AvgIpc) is 3.03. The van der Waals surface area contributed by atoms with Gasteiger partial charge in [0.25, 0.3) is 0 Å². The fourth-order valence-electron chi connectivity index (χ4n) is 3.24. The summed E-state index contributed by atoms with van der Waals surface area (Å²) in [6, 6.07) is 7.42. The van der Waals surface area contributed by atoms with Crippen LogP contribution >= 0.6 is 34.4 Å². The van der Waals surface area contributed by atoms with Crippen molar-refractivity contribution in [1.82, 2.24) is 5.32 Å². The molecular weight excluding hydrogens is 541 g/mol. The van der Waals surface area contributed by atoms with Gasteiger partial charge in [0.1, 0.15) is 5.60 Å². The SMILES string of the molecule is CC(C)(C)OC(=O)NCCC(=O)N=C1S[C@@H]2CS(=O)(=O)C[C@@H]2N1c1cccc(I)c1. The van der Waals surface area contributed by atoms with E-state index in [9.17, 15) is 18.0 Å². The number of carbonyl (C=O) groups excluding carboxylic acids is 2. The number of amides is 2. The van der Waals surface area contributed by atoms with Crippen LogP contribution in [0.2, 0.25) is 0 Å². The molecule has 2 atom stereocenters. The highest BCUT2D eigenvalue weighted by atomic mass is 127. The molecule has 0 radical (unpaired) electrons. The van der Waals surface area contributed by atoms with Crippen molar-refractivity contribution in [2.24, 2.45) is 4.99 Å². The van der Waals surface area contributed by atoms with Crippen LogP contribution in [0.5, 0.6) is 0 Å². The van der Waals surface area contributed by atoms with Gasteiger partial charge in [-0.25, -0.2) is 13.2 Å². The minimum atomic E-state index is -3.11. The molecule has 0 aliphatic carbocycles. The Bertz CT molecular complexity index is 975. The summed E-state index contributed by atoms with van der Waals surface area (Å²) in [6.45, 7) is 5.39. The van der Waals surface area contributed by atoms with Gasteiger partial charge in [0.05, 0.1) is 17.5 Å². The van der Waals surface area contributed by atoms with E-state index >= 15 is 0 Å². The zero-order chi connectivity index (χ0) is 22.1. The van der Waals surface area contributed by atoms with Gasteiger partial charge in [0, 0.05) is 27.5 Å². The van der Waals surface area contributed by atoms with E-state index in [2.05, 4.69) is 32.9 Å². The lowest BCUT2D eigenvalue weighted by molar-refractivity contribution is -0.117. The fourth-order valence-corrected chi connectivity index (χ4v) is 7.70. The van der Waals surface area contributed by atoms with Crippen molar-refractivity contribution in [3.63, 3.8) is 0 Å². The van der Waals surface area contributed by atoms with Gasteiger partial charge >= 0.3 is 6.09 Å². The summed E-state index contributed by atoms with van der Waals surface area (Å²) in [7, 11) is -3.11. The topological polar surface area (TPSA) is 105 Å². The van der Waals surface area contributed by atoms with Gasteiger partial charge in [-0.1, -0.05) is 17.8 Å². The minimum Gasteiger partial charge on any atom is -0.444 e. The Morgan fingerprint density at radius 2 is 2.07 bits per heavy atom. The number of aliphatic imine (C=N–C) groups is 1. The monoisotopic (exact) mass is 565 g/mol. The molecular formula is C19H24IN3O5S2. The zero-order valence-electron chi connectivity index (χ0n) is 16.9. The predicted octanol–water partition coefficient (Wildman–Crippen LogP) is 2.81. The quantitative estimate of drug-likeness (QED) is 0.560. The number of alkyl carbamates (subject to hydrolysis) is 1. The second-order valence-electron chi connectivity index (χ2n) is 8.12. The standard InChI is InChI=1S/C19H24IN3O5S2/c1-19(2,3)28-18(25)21-8-7-16(24)22-17-23(13-6-4-5-12(20)9-13)14-10-30(26,27)11-15(14)29-17/h4-6,9,14-15H,7-8,10-11H2,1-3H3,(H,21,25)/t14-,15+/m0/s1. The number of nitrogens with one attached hydrogen (secondary N) is 1. The van der Waals surface area contributed by atoms with E-state index in [0.29, 0.717) is 5.17 Å². The summed E-state index contributed by atoms with van der Waals surface area (Å²) in [5.74, 6) is -0.258. The van der Waals surface area contributed by atoms with Crippen LogP contribution in [0.1, 0.15) is 27.2 Å². The number of fused-ring (bicyclic) bond motifs is 1. The van der Waals surface area contributed by atoms with Crippen LogP contribution in [0.15, 0.2) is 29.3 Å². The van der Waals surface area contributed by atoms with Gasteiger partial charge in [0.15, 0.2) is 15.0 Å². The Hall–Kier alpha value is -1.34. The first-order valence-corrected chi connectivity index (χ1v) is 13.2. The molecule has 0 spiro atoms. The number of ether oxygens (including phenoxy) is 1. The lowest BCUT2D eigenvalue weighted by Crippen LogP contribution is -2.38. The molecule has 2 heterocycles. The largest absolute Gasteiger partial charge is 0.444 e. The minimum absolute atomic E-state index is 0.0249. The van der Waals surface area contributed by atoms with Crippen LogP contribution < -0.4 is 10.2 Å². The van der Waals surface area contributed by atoms with Gasteiger partial charge < -0.3 is 15.0 Å². The van der Waals surface area contributed by atoms with E-state index in [1.54, 1.807) is 20.8 Å². The molecule has 0 bridgehead atoms. The molecule has 3 rings (SSSR count). The van der Waals surface area contributed by atoms with Gasteiger partial charge in [0.2, 0.25) is 5.91 Å². The van der Waals surface area contributed by atoms with Crippen molar-refractivity contribution in [3.8, 4) is 0 Å². The van der Waals surface area contributed by atoms with Crippen molar-refractivity contribution in [3.05, 3.63) is 27.8 Å². The van der Waals surface area contributed by atoms with E-state index in [4.69, 9.17) is 4.74 Å². The Kier molecular flexibility index (Phi) is 7.02. The summed E-state index contributed by atoms with van der Waals surface area (Å²) >= 11 is 3.52. The first-order valence-electron chi connectivity index (χ1n) is 9.44. The smallest absolute Gasteiger partial charge is 0.407 e. The number of thioether (sulfide) groups is 1. The second-order valence-corrected chi connectivity index (χ2v) is 12.7. The first kappa shape index (κ1) is 23.3. The van der Waals surface area contributed by atoms with Crippen LogP contribution in [0.4, 0.5) is 10.5 Å². The fraction of sp³-hybridized carbons (Fsp3) is 0.526. The molecule has 11 heteroatoms. The summed E-state index contributed by atoms with van der Waals surface area (Å²) in [4.78, 5) is 30.2. The number of halogens is 1. The number of amidine groups is 1. The maximum absolute atomic E-state index is 12.4. The van der Waals surface area contributed by atoms with Crippen molar-refractivity contribution >= 4 is 67.0 Å². The lowest BCUT2D eigenvalue weighted by atomic mass is 10.2. The summed E-state index contributed by atoms with van der Waals surface area (Å²) in [6.07, 6.45) is -0.560. The Balaban J connectivity index is 1.71. The van der Waals surface area contributed by atoms with Crippen molar-refractivity contribution in [2.75, 3.05) is 23.0 Å². The van der Waals surface area contributed by atoms with Crippen LogP contribution in [-0.4, -0.2) is 60.5 Å². The molecule has 1 aromatic rings. The number of sulfone groups is 1. The third-order valence-corrected chi connectivity index (χ3v) is 8.26. The molecule has 1 N–H and O–H groups in total. The highest BCUT2D eigenvalue weighted by Gasteiger charge is 2.49. The molecule has 2 fully saturated rings. The third kappa shape index (κ3) is 6.10.